The fourth-order valence-corrected chi connectivity index (χ4v) is 3.01. The first-order valence-corrected chi connectivity index (χ1v) is 9.22. The molecular weight excluding hydrogens is 390 g/mol. The van der Waals surface area contributed by atoms with Gasteiger partial charge in [-0.15, -0.1) is 5.10 Å². The lowest BCUT2D eigenvalue weighted by Gasteiger charge is -2.12. The maximum atomic E-state index is 12.7. The molecular formula is C21H16ClN5O2. The second kappa shape index (κ2) is 8.12. The minimum absolute atomic E-state index is 0.0202. The van der Waals surface area contributed by atoms with Crippen molar-refractivity contribution in [3.05, 3.63) is 83.4 Å². The Morgan fingerprint density at radius 2 is 1.62 bits per heavy atom. The molecule has 1 heterocycles. The van der Waals surface area contributed by atoms with E-state index >= 15 is 0 Å². The van der Waals surface area contributed by atoms with E-state index in [0.29, 0.717) is 27.5 Å². The number of fused-ring (bicyclic) bond motifs is 1. The molecule has 7 nitrogen and oxygen atoms in total. The number of amides is 2. The topological polar surface area (TPSA) is 88.9 Å². The van der Waals surface area contributed by atoms with Gasteiger partial charge in [0, 0.05) is 10.7 Å². The summed E-state index contributed by atoms with van der Waals surface area (Å²) >= 11 is 5.87. The molecule has 2 amide bonds. The van der Waals surface area contributed by atoms with Gasteiger partial charge in [-0.25, -0.2) is 4.68 Å². The van der Waals surface area contributed by atoms with Gasteiger partial charge in [-0.1, -0.05) is 41.1 Å². The first-order chi connectivity index (χ1) is 14.1. The van der Waals surface area contributed by atoms with Crippen LogP contribution in [0, 0.1) is 0 Å². The zero-order valence-electron chi connectivity index (χ0n) is 15.2. The standard InChI is InChI=1S/C21H16ClN5O2/c22-14-9-11-15(12-10-14)23-21(29)16-5-1-2-6-17(16)24-20(28)13-27-19-8-4-3-7-18(19)25-26-27/h1-12H,13H2,(H,23,29)(H,24,28). The summed E-state index contributed by atoms with van der Waals surface area (Å²) in [5.41, 5.74) is 2.83. The maximum Gasteiger partial charge on any atom is 0.257 e. The SMILES string of the molecule is O=C(Cn1nnc2ccccc21)Nc1ccccc1C(=O)Nc1ccc(Cl)cc1. The molecule has 0 radical (unpaired) electrons. The van der Waals surface area contributed by atoms with Crippen LogP contribution in [0.25, 0.3) is 11.0 Å². The van der Waals surface area contributed by atoms with Crippen LogP contribution in [-0.2, 0) is 11.3 Å². The molecule has 0 fully saturated rings. The number of para-hydroxylation sites is 2. The fourth-order valence-electron chi connectivity index (χ4n) is 2.88. The lowest BCUT2D eigenvalue weighted by molar-refractivity contribution is -0.116. The van der Waals surface area contributed by atoms with Gasteiger partial charge in [0.1, 0.15) is 12.1 Å². The number of aromatic nitrogens is 3. The van der Waals surface area contributed by atoms with E-state index in [4.69, 9.17) is 11.6 Å². The van der Waals surface area contributed by atoms with Gasteiger partial charge < -0.3 is 10.6 Å². The minimum Gasteiger partial charge on any atom is -0.324 e. The molecule has 0 spiro atoms. The smallest absolute Gasteiger partial charge is 0.257 e. The van der Waals surface area contributed by atoms with Crippen molar-refractivity contribution in [3.8, 4) is 0 Å². The van der Waals surface area contributed by atoms with Crippen molar-refractivity contribution in [1.29, 1.82) is 0 Å². The summed E-state index contributed by atoms with van der Waals surface area (Å²) in [5, 5.41) is 14.2. The highest BCUT2D eigenvalue weighted by Gasteiger charge is 2.15. The quantitative estimate of drug-likeness (QED) is 0.525. The van der Waals surface area contributed by atoms with Gasteiger partial charge in [0.2, 0.25) is 5.91 Å². The molecule has 8 heteroatoms. The average Bonchev–Trinajstić information content (AvgIpc) is 3.13. The Bertz CT molecular complexity index is 1190. The Hall–Kier alpha value is -3.71. The van der Waals surface area contributed by atoms with Crippen molar-refractivity contribution in [2.75, 3.05) is 10.6 Å². The normalized spacial score (nSPS) is 10.7. The third-order valence-electron chi connectivity index (χ3n) is 4.26. The highest BCUT2D eigenvalue weighted by atomic mass is 35.5. The van der Waals surface area contributed by atoms with Crippen molar-refractivity contribution in [2.45, 2.75) is 6.54 Å². The molecule has 144 valence electrons. The van der Waals surface area contributed by atoms with E-state index in [9.17, 15) is 9.59 Å². The Kier molecular flexibility index (Phi) is 5.22. The molecule has 4 rings (SSSR count). The van der Waals surface area contributed by atoms with Crippen molar-refractivity contribution in [1.82, 2.24) is 15.0 Å². The number of benzene rings is 3. The van der Waals surface area contributed by atoms with Crippen molar-refractivity contribution in [2.24, 2.45) is 0 Å². The molecule has 1 aromatic heterocycles. The second-order valence-electron chi connectivity index (χ2n) is 6.29. The van der Waals surface area contributed by atoms with Gasteiger partial charge in [0.25, 0.3) is 5.91 Å². The number of hydrogen-bond acceptors (Lipinski definition) is 4. The van der Waals surface area contributed by atoms with E-state index < -0.39 is 0 Å². The Balaban J connectivity index is 1.49. The number of carbonyl (C=O) groups excluding carboxylic acids is 2. The highest BCUT2D eigenvalue weighted by molar-refractivity contribution is 6.30. The van der Waals surface area contributed by atoms with E-state index in [1.54, 1.807) is 48.5 Å². The van der Waals surface area contributed by atoms with Crippen LogP contribution in [0.5, 0.6) is 0 Å². The second-order valence-corrected chi connectivity index (χ2v) is 6.73. The molecule has 0 aliphatic carbocycles. The molecule has 0 atom stereocenters. The molecule has 0 aliphatic heterocycles. The predicted molar refractivity (Wildman–Crippen MR) is 112 cm³/mol. The Labute approximate surface area is 171 Å². The Morgan fingerprint density at radius 3 is 2.45 bits per heavy atom. The summed E-state index contributed by atoms with van der Waals surface area (Å²) in [7, 11) is 0. The minimum atomic E-state index is -0.338. The summed E-state index contributed by atoms with van der Waals surface area (Å²) in [4.78, 5) is 25.2. The van der Waals surface area contributed by atoms with E-state index in [1.807, 2.05) is 24.3 Å². The predicted octanol–water partition coefficient (Wildman–Crippen LogP) is 3.98. The van der Waals surface area contributed by atoms with E-state index in [2.05, 4.69) is 20.9 Å². The number of hydrogen-bond donors (Lipinski definition) is 2. The van der Waals surface area contributed by atoms with Crippen LogP contribution < -0.4 is 10.6 Å². The summed E-state index contributed by atoms with van der Waals surface area (Å²) in [5.74, 6) is -0.651. The highest BCUT2D eigenvalue weighted by Crippen LogP contribution is 2.19. The van der Waals surface area contributed by atoms with Gasteiger partial charge >= 0.3 is 0 Å². The summed E-state index contributed by atoms with van der Waals surface area (Å²) < 4.78 is 1.51. The molecule has 0 aliphatic rings. The van der Waals surface area contributed by atoms with E-state index in [0.717, 1.165) is 5.52 Å². The van der Waals surface area contributed by atoms with Crippen LogP contribution in [0.3, 0.4) is 0 Å². The molecule has 0 saturated carbocycles. The largest absolute Gasteiger partial charge is 0.324 e. The van der Waals surface area contributed by atoms with E-state index in [-0.39, 0.29) is 18.4 Å². The summed E-state index contributed by atoms with van der Waals surface area (Å²) in [6.07, 6.45) is 0. The third-order valence-corrected chi connectivity index (χ3v) is 4.51. The van der Waals surface area contributed by atoms with Crippen LogP contribution in [-0.4, -0.2) is 26.8 Å². The van der Waals surface area contributed by atoms with Crippen LogP contribution in [0.1, 0.15) is 10.4 Å². The van der Waals surface area contributed by atoms with Crippen molar-refractivity contribution < 1.29 is 9.59 Å². The van der Waals surface area contributed by atoms with E-state index in [1.165, 1.54) is 4.68 Å². The number of carbonyl (C=O) groups is 2. The molecule has 4 aromatic rings. The monoisotopic (exact) mass is 405 g/mol. The fraction of sp³-hybridized carbons (Fsp3) is 0.0476. The van der Waals surface area contributed by atoms with Crippen LogP contribution in [0.4, 0.5) is 11.4 Å². The van der Waals surface area contributed by atoms with Crippen LogP contribution >= 0.6 is 11.6 Å². The molecule has 0 saturated heterocycles. The van der Waals surface area contributed by atoms with Crippen LogP contribution in [0.2, 0.25) is 5.02 Å². The van der Waals surface area contributed by atoms with Crippen molar-refractivity contribution in [3.63, 3.8) is 0 Å². The maximum absolute atomic E-state index is 12.7. The van der Waals surface area contributed by atoms with Gasteiger partial charge in [-0.3, -0.25) is 9.59 Å². The number of nitrogens with zero attached hydrogens (tertiary/aromatic N) is 3. The van der Waals surface area contributed by atoms with Gasteiger partial charge in [0.15, 0.2) is 0 Å². The molecule has 2 N–H and O–H groups in total. The summed E-state index contributed by atoms with van der Waals surface area (Å²) in [6, 6.07) is 21.0. The lowest BCUT2D eigenvalue weighted by Crippen LogP contribution is -2.22. The van der Waals surface area contributed by atoms with Gasteiger partial charge in [-0.2, -0.15) is 0 Å². The number of halogens is 1. The molecule has 0 bridgehead atoms. The molecule has 0 unspecified atom stereocenters. The van der Waals surface area contributed by atoms with Crippen molar-refractivity contribution >= 4 is 45.8 Å². The first kappa shape index (κ1) is 18.6. The first-order valence-electron chi connectivity index (χ1n) is 8.84. The molecule has 29 heavy (non-hydrogen) atoms. The lowest BCUT2D eigenvalue weighted by atomic mass is 10.1. The third kappa shape index (κ3) is 4.25. The average molecular weight is 406 g/mol. The summed E-state index contributed by atoms with van der Waals surface area (Å²) in [6.45, 7) is -0.0202. The zero-order valence-corrected chi connectivity index (χ0v) is 15.9. The Morgan fingerprint density at radius 1 is 0.897 bits per heavy atom. The molecule has 3 aromatic carbocycles. The number of anilines is 2. The number of rotatable bonds is 5. The van der Waals surface area contributed by atoms with Crippen LogP contribution in [0.15, 0.2) is 72.8 Å². The van der Waals surface area contributed by atoms with Gasteiger partial charge in [-0.05, 0) is 48.5 Å². The zero-order chi connectivity index (χ0) is 20.2. The van der Waals surface area contributed by atoms with Gasteiger partial charge in [0.05, 0.1) is 16.8 Å². The number of nitrogens with one attached hydrogen (secondary N) is 2.